The summed E-state index contributed by atoms with van der Waals surface area (Å²) in [6.07, 6.45) is 3.09. The van der Waals surface area contributed by atoms with Crippen molar-refractivity contribution in [2.45, 2.75) is 45.3 Å². The van der Waals surface area contributed by atoms with Crippen LogP contribution in [0, 0.1) is 17.1 Å². The summed E-state index contributed by atoms with van der Waals surface area (Å²) in [6, 6.07) is 17.0. The Morgan fingerprint density at radius 2 is 2.05 bits per heavy atom. The fourth-order valence-electron chi connectivity index (χ4n) is 5.52. The first-order chi connectivity index (χ1) is 21.5. The van der Waals surface area contributed by atoms with Crippen LogP contribution in [0.1, 0.15) is 45.0 Å². The van der Waals surface area contributed by atoms with Gasteiger partial charge in [-0.15, -0.1) is 0 Å². The summed E-state index contributed by atoms with van der Waals surface area (Å²) < 4.78 is 34.5. The molecule has 2 aliphatic rings. The van der Waals surface area contributed by atoms with Crippen LogP contribution >= 0.6 is 0 Å². The Balaban J connectivity index is 1.05. The number of methoxy groups -OCH3 is 1. The maximum atomic E-state index is 14.3. The minimum atomic E-state index is -0.494. The molecule has 0 N–H and O–H groups in total. The number of fused-ring (bicyclic) bond motifs is 2. The number of hydrogen-bond acceptors (Lipinski definition) is 9. The van der Waals surface area contributed by atoms with Crippen molar-refractivity contribution in [2.24, 2.45) is 0 Å². The molecule has 1 saturated heterocycles. The third-order valence-electron chi connectivity index (χ3n) is 7.94. The lowest BCUT2D eigenvalue weighted by molar-refractivity contribution is -0.0592. The molecule has 0 spiro atoms. The van der Waals surface area contributed by atoms with Crippen LogP contribution in [0.4, 0.5) is 4.39 Å². The van der Waals surface area contributed by atoms with Gasteiger partial charge < -0.3 is 18.8 Å². The van der Waals surface area contributed by atoms with Crippen molar-refractivity contribution in [2.75, 3.05) is 13.7 Å². The van der Waals surface area contributed by atoms with E-state index in [1.807, 2.05) is 36.5 Å². The molecule has 1 atom stereocenters. The molecular formula is C32H28FN7O4. The number of carbonyl (C=O) groups is 1. The Labute approximate surface area is 252 Å². The zero-order valence-corrected chi connectivity index (χ0v) is 23.9. The van der Waals surface area contributed by atoms with Gasteiger partial charge in [-0.25, -0.2) is 18.9 Å². The van der Waals surface area contributed by atoms with Gasteiger partial charge in [-0.1, -0.05) is 12.1 Å². The second kappa shape index (κ2) is 11.5. The number of hydrogen-bond donors (Lipinski definition) is 0. The number of nitriles is 1. The van der Waals surface area contributed by atoms with Gasteiger partial charge in [-0.05, 0) is 42.8 Å². The Morgan fingerprint density at radius 3 is 2.80 bits per heavy atom. The second-order valence-electron chi connectivity index (χ2n) is 10.8. The fourth-order valence-corrected chi connectivity index (χ4v) is 5.52. The number of rotatable bonds is 9. The van der Waals surface area contributed by atoms with E-state index in [9.17, 15) is 9.18 Å². The molecule has 222 valence electrons. The lowest BCUT2D eigenvalue weighted by Crippen LogP contribution is -2.32. The SMILES string of the molecule is COC(=O)c1ccc2nc(CN3Cc4cn(-c5cccc(OCc6ccc(C#N)cc6F)n5)nc4C3)n(C[C@@H]3CCO3)c2c1. The van der Waals surface area contributed by atoms with E-state index in [0.717, 1.165) is 41.1 Å². The Bertz CT molecular complexity index is 1900. The predicted octanol–water partition coefficient (Wildman–Crippen LogP) is 4.30. The number of pyridine rings is 1. The topological polar surface area (TPSA) is 120 Å². The summed E-state index contributed by atoms with van der Waals surface area (Å²) in [7, 11) is 1.38. The largest absolute Gasteiger partial charge is 0.473 e. The number of halogens is 1. The minimum absolute atomic E-state index is 0.0137. The van der Waals surface area contributed by atoms with E-state index in [-0.39, 0.29) is 24.2 Å². The third kappa shape index (κ3) is 5.39. The summed E-state index contributed by atoms with van der Waals surface area (Å²) in [4.78, 5) is 23.9. The van der Waals surface area contributed by atoms with Gasteiger partial charge in [0.1, 0.15) is 18.2 Å². The first-order valence-electron chi connectivity index (χ1n) is 14.2. The standard InChI is InChI=1S/C32H28FN7O4/c1-42-32(41)21-7-8-26-28(12-21)39(16-24-9-10-43-24)30(35-26)18-38-14-23-15-40(37-27(23)17-38)29-3-2-4-31(36-29)44-19-22-6-5-20(13-34)11-25(22)33/h2-8,11-12,15,24H,9-10,14,16-19H2,1H3/t24-/m0/s1. The molecule has 0 unspecified atom stereocenters. The van der Waals surface area contributed by atoms with Gasteiger partial charge >= 0.3 is 5.97 Å². The molecule has 44 heavy (non-hydrogen) atoms. The first kappa shape index (κ1) is 27.7. The monoisotopic (exact) mass is 593 g/mol. The van der Waals surface area contributed by atoms with Crippen molar-refractivity contribution < 1.29 is 23.4 Å². The number of benzene rings is 2. The van der Waals surface area contributed by atoms with Crippen LogP contribution in [0.5, 0.6) is 5.88 Å². The van der Waals surface area contributed by atoms with Gasteiger partial charge in [0.25, 0.3) is 0 Å². The van der Waals surface area contributed by atoms with Crippen LogP contribution in [0.3, 0.4) is 0 Å². The van der Waals surface area contributed by atoms with Gasteiger partial charge in [0.2, 0.25) is 5.88 Å². The number of carbonyl (C=O) groups excluding carboxylic acids is 1. The second-order valence-corrected chi connectivity index (χ2v) is 10.8. The maximum absolute atomic E-state index is 14.3. The minimum Gasteiger partial charge on any atom is -0.473 e. The normalized spacial score (nSPS) is 16.0. The molecule has 12 heteroatoms. The van der Waals surface area contributed by atoms with Crippen LogP contribution in [0.2, 0.25) is 0 Å². The fraction of sp³-hybridized carbons (Fsp3) is 0.281. The van der Waals surface area contributed by atoms with E-state index in [2.05, 4.69) is 14.5 Å². The van der Waals surface area contributed by atoms with Gasteiger partial charge in [0.05, 0.1) is 60.2 Å². The van der Waals surface area contributed by atoms with Gasteiger partial charge in [-0.2, -0.15) is 15.3 Å². The number of aromatic nitrogens is 5. The van der Waals surface area contributed by atoms with Crippen molar-refractivity contribution in [1.29, 1.82) is 5.26 Å². The third-order valence-corrected chi connectivity index (χ3v) is 7.94. The molecule has 0 saturated carbocycles. The molecule has 2 aromatic carbocycles. The molecule has 5 aromatic rings. The quantitative estimate of drug-likeness (QED) is 0.230. The molecule has 0 radical (unpaired) electrons. The van der Waals surface area contributed by atoms with E-state index >= 15 is 0 Å². The number of nitrogens with zero attached hydrogens (tertiary/aromatic N) is 7. The molecule has 3 aromatic heterocycles. The van der Waals surface area contributed by atoms with Crippen LogP contribution in [0.15, 0.2) is 60.8 Å². The molecule has 7 rings (SSSR count). The van der Waals surface area contributed by atoms with Crippen molar-refractivity contribution in [1.82, 2.24) is 29.2 Å². The lowest BCUT2D eigenvalue weighted by Gasteiger charge is -2.28. The molecule has 0 aliphatic carbocycles. The van der Waals surface area contributed by atoms with Crippen molar-refractivity contribution in [3.05, 3.63) is 100 Å². The van der Waals surface area contributed by atoms with Gasteiger partial charge in [0, 0.05) is 43.1 Å². The van der Waals surface area contributed by atoms with Gasteiger partial charge in [-0.3, -0.25) is 4.90 Å². The van der Waals surface area contributed by atoms with E-state index in [1.54, 1.807) is 22.9 Å². The lowest BCUT2D eigenvalue weighted by atomic mass is 10.1. The zero-order chi connectivity index (χ0) is 30.2. The molecule has 2 aliphatic heterocycles. The Kier molecular flexibility index (Phi) is 7.25. The van der Waals surface area contributed by atoms with Crippen LogP contribution in [-0.4, -0.2) is 55.0 Å². The molecule has 5 heterocycles. The van der Waals surface area contributed by atoms with Crippen molar-refractivity contribution in [3.63, 3.8) is 0 Å². The maximum Gasteiger partial charge on any atom is 0.337 e. The average Bonchev–Trinajstić information content (AvgIpc) is 3.69. The summed E-state index contributed by atoms with van der Waals surface area (Å²) in [5.74, 6) is 0.961. The van der Waals surface area contributed by atoms with E-state index in [0.29, 0.717) is 49.0 Å². The average molecular weight is 594 g/mol. The summed E-state index contributed by atoms with van der Waals surface area (Å²) in [5, 5.41) is 13.7. The Morgan fingerprint density at radius 1 is 1.16 bits per heavy atom. The van der Waals surface area contributed by atoms with Crippen molar-refractivity contribution >= 4 is 17.0 Å². The summed E-state index contributed by atoms with van der Waals surface area (Å²) in [5.41, 5.74) is 4.84. The van der Waals surface area contributed by atoms with Crippen LogP contribution < -0.4 is 4.74 Å². The molecule has 1 fully saturated rings. The summed E-state index contributed by atoms with van der Waals surface area (Å²) in [6.45, 7) is 3.37. The summed E-state index contributed by atoms with van der Waals surface area (Å²) >= 11 is 0. The van der Waals surface area contributed by atoms with Crippen LogP contribution in [0.25, 0.3) is 16.9 Å². The molecule has 0 bridgehead atoms. The highest BCUT2D eigenvalue weighted by molar-refractivity contribution is 5.93. The first-order valence-corrected chi connectivity index (χ1v) is 14.2. The molecule has 11 nitrogen and oxygen atoms in total. The molecule has 0 amide bonds. The van der Waals surface area contributed by atoms with Gasteiger partial charge in [0.15, 0.2) is 5.82 Å². The van der Waals surface area contributed by atoms with E-state index in [1.165, 1.54) is 19.2 Å². The van der Waals surface area contributed by atoms with E-state index < -0.39 is 5.82 Å². The van der Waals surface area contributed by atoms with E-state index in [4.69, 9.17) is 29.6 Å². The molecular weight excluding hydrogens is 565 g/mol. The highest BCUT2D eigenvalue weighted by atomic mass is 19.1. The number of ether oxygens (including phenoxy) is 3. The predicted molar refractivity (Wildman–Crippen MR) is 155 cm³/mol. The number of esters is 1. The highest BCUT2D eigenvalue weighted by Gasteiger charge is 2.27. The smallest absolute Gasteiger partial charge is 0.337 e. The Hall–Kier alpha value is -5.12. The van der Waals surface area contributed by atoms with Crippen molar-refractivity contribution in [3.8, 4) is 17.8 Å². The zero-order valence-electron chi connectivity index (χ0n) is 23.9. The number of imidazole rings is 1. The highest BCUT2D eigenvalue weighted by Crippen LogP contribution is 2.28. The van der Waals surface area contributed by atoms with Crippen LogP contribution in [-0.2, 0) is 42.3 Å².